The average Bonchev–Trinajstić information content (AvgIpc) is 2.36. The Morgan fingerprint density at radius 3 is 2.50 bits per heavy atom. The van der Waals surface area contributed by atoms with Crippen LogP contribution in [0.3, 0.4) is 0 Å². The zero-order chi connectivity index (χ0) is 14.7. The van der Waals surface area contributed by atoms with Crippen LogP contribution in [0.25, 0.3) is 0 Å². The number of anilines is 1. The quantitative estimate of drug-likeness (QED) is 0.897. The molecule has 20 heavy (non-hydrogen) atoms. The number of benzene rings is 1. The number of ether oxygens (including phenoxy) is 1. The van der Waals surface area contributed by atoms with E-state index < -0.39 is 0 Å². The van der Waals surface area contributed by atoms with Gasteiger partial charge < -0.3 is 15.0 Å². The second-order valence-corrected chi connectivity index (χ2v) is 5.23. The van der Waals surface area contributed by atoms with Crippen LogP contribution < -0.4 is 5.32 Å². The summed E-state index contributed by atoms with van der Waals surface area (Å²) in [6.07, 6.45) is 0.0856. The Kier molecular flexibility index (Phi) is 4.39. The van der Waals surface area contributed by atoms with Crippen molar-refractivity contribution in [1.82, 2.24) is 4.90 Å². The zero-order valence-electron chi connectivity index (χ0n) is 12.1. The lowest BCUT2D eigenvalue weighted by molar-refractivity contribution is -0.114. The molecule has 1 aliphatic rings. The number of hydrogen-bond donors (Lipinski definition) is 1. The fraction of sp³-hybridized carbons (Fsp3) is 0.467. The summed E-state index contributed by atoms with van der Waals surface area (Å²) in [4.78, 5) is 25.3. The normalized spacial score (nSPS) is 22.4. The summed E-state index contributed by atoms with van der Waals surface area (Å²) in [5, 5.41) is 2.69. The van der Waals surface area contributed by atoms with Gasteiger partial charge in [0.05, 0.1) is 12.2 Å². The van der Waals surface area contributed by atoms with Crippen LogP contribution >= 0.6 is 0 Å². The maximum absolute atomic E-state index is 12.5. The van der Waals surface area contributed by atoms with E-state index in [4.69, 9.17) is 4.74 Å². The predicted octanol–water partition coefficient (Wildman–Crippen LogP) is 1.89. The minimum Gasteiger partial charge on any atom is -0.372 e. The van der Waals surface area contributed by atoms with Gasteiger partial charge in [-0.3, -0.25) is 9.59 Å². The van der Waals surface area contributed by atoms with E-state index >= 15 is 0 Å². The molecule has 1 aliphatic heterocycles. The Morgan fingerprint density at radius 2 is 1.90 bits per heavy atom. The van der Waals surface area contributed by atoms with Crippen molar-refractivity contribution >= 4 is 17.5 Å². The van der Waals surface area contributed by atoms with E-state index in [1.807, 2.05) is 13.8 Å². The number of morpholine rings is 1. The van der Waals surface area contributed by atoms with Crippen molar-refractivity contribution in [2.45, 2.75) is 33.0 Å². The first-order chi connectivity index (χ1) is 9.45. The minimum atomic E-state index is -0.150. The van der Waals surface area contributed by atoms with Crippen LogP contribution in [0.15, 0.2) is 24.3 Å². The highest BCUT2D eigenvalue weighted by Gasteiger charge is 2.26. The molecular weight excluding hydrogens is 256 g/mol. The molecule has 1 aromatic rings. The summed E-state index contributed by atoms with van der Waals surface area (Å²) >= 11 is 0. The van der Waals surface area contributed by atoms with Crippen LogP contribution in [0.5, 0.6) is 0 Å². The van der Waals surface area contributed by atoms with Gasteiger partial charge in [-0.1, -0.05) is 6.07 Å². The number of nitrogens with zero attached hydrogens (tertiary/aromatic N) is 1. The highest BCUT2D eigenvalue weighted by molar-refractivity contribution is 5.96. The molecule has 2 rings (SSSR count). The van der Waals surface area contributed by atoms with E-state index in [1.54, 1.807) is 29.2 Å². The first-order valence-corrected chi connectivity index (χ1v) is 6.78. The summed E-state index contributed by atoms with van der Waals surface area (Å²) in [5.41, 5.74) is 1.22. The molecule has 1 heterocycles. The molecule has 2 atom stereocenters. The van der Waals surface area contributed by atoms with Crippen molar-refractivity contribution in [1.29, 1.82) is 0 Å². The number of carbonyl (C=O) groups excluding carboxylic acids is 2. The third kappa shape index (κ3) is 3.57. The molecule has 1 aromatic carbocycles. The van der Waals surface area contributed by atoms with Crippen molar-refractivity contribution in [3.05, 3.63) is 29.8 Å². The molecule has 1 saturated heterocycles. The van der Waals surface area contributed by atoms with Gasteiger partial charge in [0.1, 0.15) is 0 Å². The molecule has 0 spiro atoms. The fourth-order valence-corrected chi connectivity index (χ4v) is 2.46. The topological polar surface area (TPSA) is 58.6 Å². The van der Waals surface area contributed by atoms with Gasteiger partial charge >= 0.3 is 0 Å². The molecular formula is C15H20N2O3. The largest absolute Gasteiger partial charge is 0.372 e. The van der Waals surface area contributed by atoms with Crippen molar-refractivity contribution in [2.75, 3.05) is 18.4 Å². The summed E-state index contributed by atoms with van der Waals surface area (Å²) in [6.45, 7) is 6.55. The molecule has 0 aliphatic carbocycles. The van der Waals surface area contributed by atoms with Crippen LogP contribution in [0.1, 0.15) is 31.1 Å². The van der Waals surface area contributed by atoms with Crippen LogP contribution in [0.4, 0.5) is 5.69 Å². The Balaban J connectivity index is 2.14. The second kappa shape index (κ2) is 6.05. The van der Waals surface area contributed by atoms with Gasteiger partial charge in [0.15, 0.2) is 0 Å². The molecule has 1 fully saturated rings. The van der Waals surface area contributed by atoms with E-state index in [1.165, 1.54) is 6.92 Å². The van der Waals surface area contributed by atoms with Gasteiger partial charge in [0, 0.05) is 31.3 Å². The maximum atomic E-state index is 12.5. The number of amides is 2. The lowest BCUT2D eigenvalue weighted by atomic mass is 10.1. The average molecular weight is 276 g/mol. The van der Waals surface area contributed by atoms with E-state index in [0.29, 0.717) is 24.3 Å². The van der Waals surface area contributed by atoms with Gasteiger partial charge in [0.2, 0.25) is 5.91 Å². The van der Waals surface area contributed by atoms with Gasteiger partial charge in [-0.2, -0.15) is 0 Å². The SMILES string of the molecule is CC(=O)Nc1cccc(C(=O)N2CC(C)OC(C)C2)c1. The highest BCUT2D eigenvalue weighted by atomic mass is 16.5. The van der Waals surface area contributed by atoms with E-state index in [2.05, 4.69) is 5.32 Å². The minimum absolute atomic E-state index is 0.0285. The maximum Gasteiger partial charge on any atom is 0.254 e. The first-order valence-electron chi connectivity index (χ1n) is 6.78. The summed E-state index contributed by atoms with van der Waals surface area (Å²) < 4.78 is 5.63. The monoisotopic (exact) mass is 276 g/mol. The molecule has 2 unspecified atom stereocenters. The van der Waals surface area contributed by atoms with Gasteiger partial charge in [-0.15, -0.1) is 0 Å². The van der Waals surface area contributed by atoms with Gasteiger partial charge in [-0.05, 0) is 32.0 Å². The molecule has 108 valence electrons. The lowest BCUT2D eigenvalue weighted by Crippen LogP contribution is -2.48. The standard InChI is InChI=1S/C15H20N2O3/c1-10-8-17(9-11(2)20-10)15(19)13-5-4-6-14(7-13)16-12(3)18/h4-7,10-11H,8-9H2,1-3H3,(H,16,18). The molecule has 2 amide bonds. The smallest absolute Gasteiger partial charge is 0.254 e. The third-order valence-corrected chi connectivity index (χ3v) is 3.14. The Labute approximate surface area is 118 Å². The van der Waals surface area contributed by atoms with E-state index in [0.717, 1.165) is 0 Å². The number of carbonyl (C=O) groups is 2. The van der Waals surface area contributed by atoms with Gasteiger partial charge in [-0.25, -0.2) is 0 Å². The number of hydrogen-bond acceptors (Lipinski definition) is 3. The van der Waals surface area contributed by atoms with Crippen LogP contribution in [0.2, 0.25) is 0 Å². The summed E-state index contributed by atoms with van der Waals surface area (Å²) in [5.74, 6) is -0.178. The molecule has 0 saturated carbocycles. The highest BCUT2D eigenvalue weighted by Crippen LogP contribution is 2.17. The predicted molar refractivity (Wildman–Crippen MR) is 76.7 cm³/mol. The Bertz CT molecular complexity index is 506. The molecule has 5 heteroatoms. The van der Waals surface area contributed by atoms with Crippen molar-refractivity contribution in [3.63, 3.8) is 0 Å². The Morgan fingerprint density at radius 1 is 1.25 bits per heavy atom. The third-order valence-electron chi connectivity index (χ3n) is 3.14. The van der Waals surface area contributed by atoms with Gasteiger partial charge in [0.25, 0.3) is 5.91 Å². The summed E-state index contributed by atoms with van der Waals surface area (Å²) in [7, 11) is 0. The van der Waals surface area contributed by atoms with Crippen molar-refractivity contribution in [2.24, 2.45) is 0 Å². The summed E-state index contributed by atoms with van der Waals surface area (Å²) in [6, 6.07) is 7.00. The van der Waals surface area contributed by atoms with Crippen molar-refractivity contribution < 1.29 is 14.3 Å². The first kappa shape index (κ1) is 14.5. The van der Waals surface area contributed by atoms with E-state index in [9.17, 15) is 9.59 Å². The fourth-order valence-electron chi connectivity index (χ4n) is 2.46. The Hall–Kier alpha value is -1.88. The van der Waals surface area contributed by atoms with E-state index in [-0.39, 0.29) is 24.0 Å². The lowest BCUT2D eigenvalue weighted by Gasteiger charge is -2.35. The molecule has 5 nitrogen and oxygen atoms in total. The second-order valence-electron chi connectivity index (χ2n) is 5.23. The molecule has 0 radical (unpaired) electrons. The molecule has 1 N–H and O–H groups in total. The van der Waals surface area contributed by atoms with Crippen LogP contribution in [0, 0.1) is 0 Å². The molecule has 0 aromatic heterocycles. The zero-order valence-corrected chi connectivity index (χ0v) is 12.1. The van der Waals surface area contributed by atoms with Crippen molar-refractivity contribution in [3.8, 4) is 0 Å². The van der Waals surface area contributed by atoms with Crippen LogP contribution in [-0.4, -0.2) is 42.0 Å². The number of nitrogens with one attached hydrogen (secondary N) is 1. The van der Waals surface area contributed by atoms with Crippen LogP contribution in [-0.2, 0) is 9.53 Å². The number of rotatable bonds is 2. The molecule has 0 bridgehead atoms.